The highest BCUT2D eigenvalue weighted by molar-refractivity contribution is 7.14. The smallest absolute Gasteiger partial charge is 0.291 e. The number of carbonyl (C=O) groups is 2. The van der Waals surface area contributed by atoms with Crippen molar-refractivity contribution < 1.29 is 14.0 Å². The van der Waals surface area contributed by atoms with Crippen LogP contribution in [0.3, 0.4) is 0 Å². The fraction of sp³-hybridized carbons (Fsp3) is 0.474. The van der Waals surface area contributed by atoms with Gasteiger partial charge in [-0.3, -0.25) is 9.59 Å². The number of thiophene rings is 1. The summed E-state index contributed by atoms with van der Waals surface area (Å²) in [7, 11) is 0. The van der Waals surface area contributed by atoms with Gasteiger partial charge in [0.1, 0.15) is 5.00 Å². The molecule has 2 bridgehead atoms. The van der Waals surface area contributed by atoms with Crippen molar-refractivity contribution in [1.29, 1.82) is 0 Å². The molecule has 2 aromatic heterocycles. The highest BCUT2D eigenvalue weighted by atomic mass is 32.1. The quantitative estimate of drug-likeness (QED) is 0.766. The number of anilines is 1. The zero-order valence-corrected chi connectivity index (χ0v) is 15.3. The number of hydrogen-bond acceptors (Lipinski definition) is 5. The Morgan fingerprint density at radius 1 is 1.15 bits per heavy atom. The van der Waals surface area contributed by atoms with E-state index in [2.05, 4.69) is 10.6 Å². The molecular weight excluding hydrogens is 350 g/mol. The Bertz CT molecular complexity index is 772. The van der Waals surface area contributed by atoms with E-state index in [0.29, 0.717) is 22.4 Å². The molecule has 2 amide bonds. The van der Waals surface area contributed by atoms with Crippen LogP contribution in [0.25, 0.3) is 0 Å². The maximum absolute atomic E-state index is 12.9. The van der Waals surface area contributed by atoms with Gasteiger partial charge in [-0.25, -0.2) is 0 Å². The van der Waals surface area contributed by atoms with Crippen molar-refractivity contribution in [3.8, 4) is 0 Å². The molecule has 4 rings (SSSR count). The van der Waals surface area contributed by atoms with Gasteiger partial charge in [0.25, 0.3) is 11.8 Å². The Labute approximate surface area is 156 Å². The minimum atomic E-state index is -0.355. The summed E-state index contributed by atoms with van der Waals surface area (Å²) in [5, 5.41) is 8.36. The zero-order chi connectivity index (χ0) is 18.1. The SMILES string of the molecule is NC1CC2CCCC(C1)C2NC(=O)c1ccsc1NC(=O)c1ccco1. The predicted octanol–water partition coefficient (Wildman–Crippen LogP) is 3.23. The van der Waals surface area contributed by atoms with E-state index >= 15 is 0 Å². The molecule has 2 heterocycles. The van der Waals surface area contributed by atoms with Crippen LogP contribution in [-0.4, -0.2) is 23.9 Å². The second-order valence-corrected chi connectivity index (χ2v) is 8.19. The van der Waals surface area contributed by atoms with Crippen LogP contribution in [0.4, 0.5) is 5.00 Å². The highest BCUT2D eigenvalue weighted by Crippen LogP contribution is 2.40. The molecular formula is C19H23N3O3S. The van der Waals surface area contributed by atoms with Gasteiger partial charge in [0.2, 0.25) is 0 Å². The van der Waals surface area contributed by atoms with Gasteiger partial charge in [0.05, 0.1) is 11.8 Å². The van der Waals surface area contributed by atoms with Gasteiger partial charge in [-0.05, 0) is 61.1 Å². The molecule has 2 atom stereocenters. The van der Waals surface area contributed by atoms with E-state index < -0.39 is 0 Å². The largest absolute Gasteiger partial charge is 0.459 e. The summed E-state index contributed by atoms with van der Waals surface area (Å²) in [6.07, 6.45) is 6.88. The van der Waals surface area contributed by atoms with E-state index in [1.54, 1.807) is 18.2 Å². The van der Waals surface area contributed by atoms with Gasteiger partial charge in [0, 0.05) is 12.1 Å². The maximum Gasteiger partial charge on any atom is 0.291 e. The van der Waals surface area contributed by atoms with E-state index in [-0.39, 0.29) is 29.7 Å². The van der Waals surface area contributed by atoms with E-state index in [1.807, 2.05) is 5.38 Å². The van der Waals surface area contributed by atoms with Gasteiger partial charge >= 0.3 is 0 Å². The summed E-state index contributed by atoms with van der Waals surface area (Å²) in [5.74, 6) is 0.661. The number of hydrogen-bond donors (Lipinski definition) is 3. The minimum absolute atomic E-state index is 0.127. The van der Waals surface area contributed by atoms with Gasteiger partial charge in [-0.2, -0.15) is 0 Å². The average Bonchev–Trinajstić information content (AvgIpc) is 3.27. The normalized spacial score (nSPS) is 27.7. The van der Waals surface area contributed by atoms with E-state index in [9.17, 15) is 9.59 Å². The number of carbonyl (C=O) groups excluding carboxylic acids is 2. The van der Waals surface area contributed by atoms with Crippen molar-refractivity contribution >= 4 is 28.2 Å². The van der Waals surface area contributed by atoms with Crippen LogP contribution in [0.1, 0.15) is 53.0 Å². The second kappa shape index (κ2) is 7.25. The summed E-state index contributed by atoms with van der Waals surface area (Å²) >= 11 is 1.33. The lowest BCUT2D eigenvalue weighted by molar-refractivity contribution is 0.0757. The first-order valence-corrected chi connectivity index (χ1v) is 9.98. The van der Waals surface area contributed by atoms with Crippen molar-refractivity contribution in [1.82, 2.24) is 5.32 Å². The number of furan rings is 1. The first-order valence-electron chi connectivity index (χ1n) is 9.10. The molecule has 2 unspecified atom stereocenters. The molecule has 0 aliphatic heterocycles. The molecule has 2 aliphatic rings. The lowest BCUT2D eigenvalue weighted by atomic mass is 9.67. The number of amides is 2. The van der Waals surface area contributed by atoms with Crippen LogP contribution in [0.2, 0.25) is 0 Å². The molecule has 2 saturated carbocycles. The summed E-state index contributed by atoms with van der Waals surface area (Å²) in [4.78, 5) is 25.1. The third-order valence-corrected chi connectivity index (χ3v) is 6.39. The Kier molecular flexibility index (Phi) is 4.82. The van der Waals surface area contributed by atoms with Gasteiger partial charge in [-0.15, -0.1) is 11.3 Å². The van der Waals surface area contributed by atoms with Gasteiger partial charge in [-0.1, -0.05) is 6.42 Å². The van der Waals surface area contributed by atoms with Crippen molar-refractivity contribution in [2.45, 2.75) is 44.2 Å². The van der Waals surface area contributed by atoms with E-state index in [1.165, 1.54) is 24.0 Å². The van der Waals surface area contributed by atoms with Crippen LogP contribution < -0.4 is 16.4 Å². The minimum Gasteiger partial charge on any atom is -0.459 e. The summed E-state index contributed by atoms with van der Waals surface area (Å²) < 4.78 is 5.11. The molecule has 0 aromatic carbocycles. The van der Waals surface area contributed by atoms with Crippen molar-refractivity contribution in [2.24, 2.45) is 17.6 Å². The fourth-order valence-corrected chi connectivity index (χ4v) is 5.19. The lowest BCUT2D eigenvalue weighted by Crippen LogP contribution is -2.53. The first-order chi connectivity index (χ1) is 12.6. The monoisotopic (exact) mass is 373 g/mol. The molecule has 138 valence electrons. The van der Waals surface area contributed by atoms with Crippen LogP contribution in [0.5, 0.6) is 0 Å². The topological polar surface area (TPSA) is 97.4 Å². The Morgan fingerprint density at radius 3 is 2.62 bits per heavy atom. The third-order valence-electron chi connectivity index (χ3n) is 5.56. The van der Waals surface area contributed by atoms with E-state index in [4.69, 9.17) is 10.2 Å². The van der Waals surface area contributed by atoms with Crippen molar-refractivity contribution in [3.05, 3.63) is 41.2 Å². The number of nitrogens with two attached hydrogens (primary N) is 1. The van der Waals surface area contributed by atoms with Crippen molar-refractivity contribution in [3.63, 3.8) is 0 Å². The number of nitrogens with one attached hydrogen (secondary N) is 2. The molecule has 2 aliphatic carbocycles. The molecule has 7 heteroatoms. The van der Waals surface area contributed by atoms with Crippen molar-refractivity contribution in [2.75, 3.05) is 5.32 Å². The highest BCUT2D eigenvalue weighted by Gasteiger charge is 2.40. The number of fused-ring (bicyclic) bond motifs is 2. The molecule has 0 saturated heterocycles. The predicted molar refractivity (Wildman–Crippen MR) is 100 cm³/mol. The first kappa shape index (κ1) is 17.3. The van der Waals surface area contributed by atoms with Crippen LogP contribution in [0.15, 0.2) is 34.3 Å². The zero-order valence-electron chi connectivity index (χ0n) is 14.4. The standard InChI is InChI=1S/C19H23N3O3S/c20-13-9-11-3-1-4-12(10-13)16(11)21-17(23)14-6-8-26-19(14)22-18(24)15-5-2-7-25-15/h2,5-8,11-13,16H,1,3-4,9-10,20H2,(H,21,23)(H,22,24). The Balaban J connectivity index is 1.46. The molecule has 2 fully saturated rings. The molecule has 2 aromatic rings. The van der Waals surface area contributed by atoms with Gasteiger partial charge < -0.3 is 20.8 Å². The summed E-state index contributed by atoms with van der Waals surface area (Å²) in [5.41, 5.74) is 6.67. The number of rotatable bonds is 4. The average molecular weight is 373 g/mol. The van der Waals surface area contributed by atoms with Crippen LogP contribution in [-0.2, 0) is 0 Å². The summed E-state index contributed by atoms with van der Waals surface area (Å²) in [6, 6.07) is 5.44. The molecule has 6 nitrogen and oxygen atoms in total. The second-order valence-electron chi connectivity index (χ2n) is 7.28. The maximum atomic E-state index is 12.9. The lowest BCUT2D eigenvalue weighted by Gasteiger charge is -2.45. The molecule has 0 radical (unpaired) electrons. The Hall–Kier alpha value is -2.12. The van der Waals surface area contributed by atoms with Gasteiger partial charge in [0.15, 0.2) is 5.76 Å². The Morgan fingerprint density at radius 2 is 1.92 bits per heavy atom. The summed E-state index contributed by atoms with van der Waals surface area (Å²) in [6.45, 7) is 0. The fourth-order valence-electron chi connectivity index (χ4n) is 4.41. The van der Waals surface area contributed by atoms with E-state index in [0.717, 1.165) is 25.7 Å². The molecule has 0 spiro atoms. The van der Waals surface area contributed by atoms with Crippen LogP contribution in [0, 0.1) is 11.8 Å². The third kappa shape index (κ3) is 3.41. The molecule has 26 heavy (non-hydrogen) atoms. The molecule has 4 N–H and O–H groups in total. The van der Waals surface area contributed by atoms with Crippen LogP contribution >= 0.6 is 11.3 Å².